The molecule has 5 rings (SSSR count). The molecule has 0 amide bonds. The lowest BCUT2D eigenvalue weighted by Gasteiger charge is -2.36. The monoisotopic (exact) mass is 476 g/mol. The van der Waals surface area contributed by atoms with E-state index in [9.17, 15) is 0 Å². The number of benzene rings is 3. The SMILES string of the molecule is COc1cccc(P(=O)(c2ccccc2)c2ccccc2)c1N1CCC[C@H]1CN1CCOCC1. The van der Waals surface area contributed by atoms with Crippen molar-refractivity contribution in [1.82, 2.24) is 4.90 Å². The lowest BCUT2D eigenvalue weighted by Crippen LogP contribution is -2.46. The molecule has 5 nitrogen and oxygen atoms in total. The third-order valence-electron chi connectivity index (χ3n) is 7.01. The largest absolute Gasteiger partial charge is 0.495 e. The minimum atomic E-state index is -3.13. The molecule has 0 aromatic heterocycles. The summed E-state index contributed by atoms with van der Waals surface area (Å²) in [6.07, 6.45) is 2.24. The second kappa shape index (κ2) is 10.4. The van der Waals surface area contributed by atoms with Crippen LogP contribution in [0.2, 0.25) is 0 Å². The average Bonchev–Trinajstić information content (AvgIpc) is 3.37. The normalized spacial score (nSPS) is 19.3. The van der Waals surface area contributed by atoms with Crippen molar-refractivity contribution >= 4 is 28.7 Å². The molecule has 2 fully saturated rings. The average molecular weight is 477 g/mol. The Hall–Kier alpha value is -2.59. The van der Waals surface area contributed by atoms with E-state index in [-0.39, 0.29) is 0 Å². The van der Waals surface area contributed by atoms with E-state index in [0.717, 1.165) is 79.6 Å². The summed E-state index contributed by atoms with van der Waals surface area (Å²) in [5.74, 6) is 0.790. The second-order valence-electron chi connectivity index (χ2n) is 9.01. The van der Waals surface area contributed by atoms with Crippen molar-refractivity contribution in [3.63, 3.8) is 0 Å². The molecule has 6 heteroatoms. The van der Waals surface area contributed by atoms with Crippen molar-refractivity contribution in [2.24, 2.45) is 0 Å². The summed E-state index contributed by atoms with van der Waals surface area (Å²) in [5, 5.41) is 2.55. The summed E-state index contributed by atoms with van der Waals surface area (Å²) in [7, 11) is -1.42. The molecule has 3 aromatic rings. The summed E-state index contributed by atoms with van der Waals surface area (Å²) in [6, 6.07) is 26.2. The molecule has 0 bridgehead atoms. The standard InChI is InChI=1S/C28H33N2O3P/c1-32-26-15-8-16-27(28(26)30-17-9-10-23(30)22-29-18-20-33-21-19-29)34(31,24-11-4-2-5-12-24)25-13-6-3-7-14-25/h2-8,11-16,23H,9-10,17-22H2,1H3/t23-/m0/s1. The van der Waals surface area contributed by atoms with Crippen LogP contribution in [0.4, 0.5) is 5.69 Å². The molecule has 0 unspecified atom stereocenters. The first-order valence-electron chi connectivity index (χ1n) is 12.2. The topological polar surface area (TPSA) is 42.0 Å². The predicted octanol–water partition coefficient (Wildman–Crippen LogP) is 3.64. The van der Waals surface area contributed by atoms with Gasteiger partial charge in [-0.3, -0.25) is 4.90 Å². The fourth-order valence-electron chi connectivity index (χ4n) is 5.32. The summed E-state index contributed by atoms with van der Waals surface area (Å²) >= 11 is 0. The molecule has 0 saturated carbocycles. The number of para-hydroxylation sites is 1. The van der Waals surface area contributed by atoms with Crippen molar-refractivity contribution in [2.75, 3.05) is 51.4 Å². The zero-order valence-electron chi connectivity index (χ0n) is 19.8. The van der Waals surface area contributed by atoms with E-state index in [4.69, 9.17) is 9.47 Å². The van der Waals surface area contributed by atoms with E-state index in [0.29, 0.717) is 6.04 Å². The van der Waals surface area contributed by atoms with Crippen LogP contribution in [0.1, 0.15) is 12.8 Å². The van der Waals surface area contributed by atoms with Crippen LogP contribution >= 0.6 is 7.14 Å². The molecule has 0 radical (unpaired) electrons. The van der Waals surface area contributed by atoms with Gasteiger partial charge in [-0.15, -0.1) is 0 Å². The van der Waals surface area contributed by atoms with Gasteiger partial charge in [0.1, 0.15) is 5.75 Å². The smallest absolute Gasteiger partial charge is 0.173 e. The predicted molar refractivity (Wildman–Crippen MR) is 140 cm³/mol. The Morgan fingerprint density at radius 1 is 0.882 bits per heavy atom. The molecular weight excluding hydrogens is 443 g/mol. The molecule has 0 N–H and O–H groups in total. The lowest BCUT2D eigenvalue weighted by atomic mass is 10.1. The first-order chi connectivity index (χ1) is 16.7. The minimum Gasteiger partial charge on any atom is -0.495 e. The van der Waals surface area contributed by atoms with E-state index in [1.54, 1.807) is 7.11 Å². The van der Waals surface area contributed by atoms with Crippen molar-refractivity contribution < 1.29 is 14.0 Å². The second-order valence-corrected chi connectivity index (χ2v) is 11.7. The maximum atomic E-state index is 15.3. The van der Waals surface area contributed by atoms with Crippen LogP contribution in [0.5, 0.6) is 5.75 Å². The summed E-state index contributed by atoms with van der Waals surface area (Å²) in [5.41, 5.74) is 0.983. The highest BCUT2D eigenvalue weighted by Gasteiger charge is 2.38. The number of rotatable bonds is 7. The van der Waals surface area contributed by atoms with Crippen molar-refractivity contribution in [2.45, 2.75) is 18.9 Å². The Morgan fingerprint density at radius 2 is 1.53 bits per heavy atom. The minimum absolute atomic E-state index is 0.355. The third kappa shape index (κ3) is 4.40. The molecule has 2 saturated heterocycles. The molecule has 178 valence electrons. The molecule has 3 aromatic carbocycles. The van der Waals surface area contributed by atoms with Crippen LogP contribution in [0, 0.1) is 0 Å². The zero-order chi connectivity index (χ0) is 23.4. The Balaban J connectivity index is 1.64. The van der Waals surface area contributed by atoms with Crippen molar-refractivity contribution in [3.8, 4) is 5.75 Å². The van der Waals surface area contributed by atoms with Crippen LogP contribution in [-0.2, 0) is 9.30 Å². The summed E-state index contributed by atoms with van der Waals surface area (Å²) in [6.45, 7) is 5.45. The quantitative estimate of drug-likeness (QED) is 0.487. The van der Waals surface area contributed by atoms with E-state index in [2.05, 4.69) is 9.80 Å². The Labute approximate surface area is 202 Å². The van der Waals surface area contributed by atoms with Gasteiger partial charge in [-0.2, -0.15) is 0 Å². The van der Waals surface area contributed by atoms with Gasteiger partial charge in [0, 0.05) is 48.1 Å². The van der Waals surface area contributed by atoms with Gasteiger partial charge in [0.05, 0.1) is 26.0 Å². The van der Waals surface area contributed by atoms with Crippen LogP contribution in [0.25, 0.3) is 0 Å². The molecule has 1 atom stereocenters. The zero-order valence-corrected chi connectivity index (χ0v) is 20.7. The van der Waals surface area contributed by atoms with Crippen LogP contribution in [-0.4, -0.2) is 57.4 Å². The van der Waals surface area contributed by atoms with Gasteiger partial charge >= 0.3 is 0 Å². The number of morpholine rings is 1. The Bertz CT molecular complexity index is 1090. The van der Waals surface area contributed by atoms with Gasteiger partial charge in [-0.05, 0) is 25.0 Å². The highest BCUT2D eigenvalue weighted by molar-refractivity contribution is 7.85. The highest BCUT2D eigenvalue weighted by Crippen LogP contribution is 2.48. The first-order valence-corrected chi connectivity index (χ1v) is 13.9. The van der Waals surface area contributed by atoms with Crippen molar-refractivity contribution in [1.29, 1.82) is 0 Å². The summed E-state index contributed by atoms with van der Waals surface area (Å²) in [4.78, 5) is 4.96. The number of hydrogen-bond donors (Lipinski definition) is 0. The van der Waals surface area contributed by atoms with Gasteiger partial charge in [0.25, 0.3) is 0 Å². The first kappa shape index (κ1) is 23.2. The van der Waals surface area contributed by atoms with E-state index in [1.165, 1.54) is 0 Å². The number of nitrogens with zero attached hydrogens (tertiary/aromatic N) is 2. The van der Waals surface area contributed by atoms with E-state index in [1.807, 2.05) is 78.9 Å². The number of ether oxygens (including phenoxy) is 2. The fraction of sp³-hybridized carbons (Fsp3) is 0.357. The molecule has 0 aliphatic carbocycles. The number of anilines is 1. The fourth-order valence-corrected chi connectivity index (χ4v) is 8.19. The maximum absolute atomic E-state index is 15.3. The molecular formula is C28H33N2O3P. The van der Waals surface area contributed by atoms with Crippen LogP contribution < -0.4 is 25.6 Å². The van der Waals surface area contributed by atoms with E-state index < -0.39 is 7.14 Å². The molecule has 2 heterocycles. The highest BCUT2D eigenvalue weighted by atomic mass is 31.2. The molecule has 2 aliphatic rings. The van der Waals surface area contributed by atoms with Gasteiger partial charge in [-0.1, -0.05) is 66.7 Å². The Kier molecular flexibility index (Phi) is 7.05. The lowest BCUT2D eigenvalue weighted by molar-refractivity contribution is 0.0355. The van der Waals surface area contributed by atoms with Gasteiger partial charge < -0.3 is 18.9 Å². The Morgan fingerprint density at radius 3 is 2.15 bits per heavy atom. The summed E-state index contributed by atoms with van der Waals surface area (Å²) < 4.78 is 26.7. The van der Waals surface area contributed by atoms with Crippen LogP contribution in [0.15, 0.2) is 78.9 Å². The van der Waals surface area contributed by atoms with Crippen molar-refractivity contribution in [3.05, 3.63) is 78.9 Å². The molecule has 34 heavy (non-hydrogen) atoms. The number of hydrogen-bond acceptors (Lipinski definition) is 5. The van der Waals surface area contributed by atoms with Gasteiger partial charge in [0.15, 0.2) is 7.14 Å². The van der Waals surface area contributed by atoms with Crippen LogP contribution in [0.3, 0.4) is 0 Å². The molecule has 0 spiro atoms. The number of methoxy groups -OCH3 is 1. The van der Waals surface area contributed by atoms with Gasteiger partial charge in [0.2, 0.25) is 0 Å². The maximum Gasteiger partial charge on any atom is 0.173 e. The van der Waals surface area contributed by atoms with E-state index >= 15 is 4.57 Å². The molecule has 2 aliphatic heterocycles. The third-order valence-corrected chi connectivity index (χ3v) is 10.1. The van der Waals surface area contributed by atoms with Gasteiger partial charge in [-0.25, -0.2) is 0 Å².